The summed E-state index contributed by atoms with van der Waals surface area (Å²) in [4.78, 5) is 0. The predicted molar refractivity (Wildman–Crippen MR) is 75.4 cm³/mol. The molecule has 1 heterocycles. The number of nitriles is 1. The zero-order chi connectivity index (χ0) is 14.7. The Labute approximate surface area is 122 Å². The Morgan fingerprint density at radius 3 is 2.95 bits per heavy atom. The number of halogens is 1. The van der Waals surface area contributed by atoms with Crippen LogP contribution in [0.2, 0.25) is 0 Å². The summed E-state index contributed by atoms with van der Waals surface area (Å²) in [6.45, 7) is 0.897. The Morgan fingerprint density at radius 2 is 2.10 bits per heavy atom. The molecule has 21 heavy (non-hydrogen) atoms. The number of hydrogen-bond acceptors (Lipinski definition) is 3. The fourth-order valence-corrected chi connectivity index (χ4v) is 2.51. The van der Waals surface area contributed by atoms with Gasteiger partial charge in [0.2, 0.25) is 0 Å². The van der Waals surface area contributed by atoms with E-state index in [1.54, 1.807) is 6.07 Å². The lowest BCUT2D eigenvalue weighted by Crippen LogP contribution is -2.21. The molecule has 0 saturated carbocycles. The monoisotopic (exact) mass is 283 g/mol. The van der Waals surface area contributed by atoms with Gasteiger partial charge in [0, 0.05) is 0 Å². The molecule has 0 aliphatic carbocycles. The summed E-state index contributed by atoms with van der Waals surface area (Å²) in [5, 5.41) is 8.99. The predicted octanol–water partition coefficient (Wildman–Crippen LogP) is 3.39. The topological polar surface area (TPSA) is 42.2 Å². The molecule has 0 aromatic heterocycles. The quantitative estimate of drug-likeness (QED) is 0.867. The number of nitrogens with zero attached hydrogens (tertiary/aromatic N) is 1. The highest BCUT2D eigenvalue weighted by atomic mass is 19.1. The number of fused-ring (bicyclic) bond motifs is 1. The molecule has 1 aliphatic rings. The van der Waals surface area contributed by atoms with Crippen LogP contribution >= 0.6 is 0 Å². The van der Waals surface area contributed by atoms with Crippen LogP contribution in [0.4, 0.5) is 4.39 Å². The second-order valence-corrected chi connectivity index (χ2v) is 4.84. The molecule has 106 valence electrons. The summed E-state index contributed by atoms with van der Waals surface area (Å²) < 4.78 is 24.9. The summed E-state index contributed by atoms with van der Waals surface area (Å²) >= 11 is 0. The third-order valence-corrected chi connectivity index (χ3v) is 3.57. The average Bonchev–Trinajstić information content (AvgIpc) is 2.53. The first kappa shape index (κ1) is 13.6. The van der Waals surface area contributed by atoms with E-state index in [0.29, 0.717) is 6.61 Å². The number of hydrogen-bond donors (Lipinski definition) is 0. The van der Waals surface area contributed by atoms with Gasteiger partial charge in [-0.3, -0.25) is 0 Å². The van der Waals surface area contributed by atoms with Gasteiger partial charge in [-0.2, -0.15) is 5.26 Å². The van der Waals surface area contributed by atoms with Crippen LogP contribution in [-0.2, 0) is 11.2 Å². The molecule has 1 aliphatic heterocycles. The lowest BCUT2D eigenvalue weighted by Gasteiger charge is -2.26. The van der Waals surface area contributed by atoms with Gasteiger partial charge in [0.15, 0.2) is 0 Å². The minimum absolute atomic E-state index is 0.0680. The van der Waals surface area contributed by atoms with Crippen molar-refractivity contribution in [1.29, 1.82) is 5.26 Å². The highest BCUT2D eigenvalue weighted by Crippen LogP contribution is 2.28. The molecule has 0 amide bonds. The Hall–Kier alpha value is -2.38. The minimum atomic E-state index is -0.569. The van der Waals surface area contributed by atoms with Gasteiger partial charge in [0.25, 0.3) is 0 Å². The second kappa shape index (κ2) is 5.94. The van der Waals surface area contributed by atoms with Crippen molar-refractivity contribution in [3.63, 3.8) is 0 Å². The van der Waals surface area contributed by atoms with Gasteiger partial charge < -0.3 is 9.47 Å². The van der Waals surface area contributed by atoms with E-state index in [9.17, 15) is 4.39 Å². The lowest BCUT2D eigenvalue weighted by molar-refractivity contribution is 0.0101. The Balaban J connectivity index is 1.78. The maximum Gasteiger partial charge on any atom is 0.144 e. The number of ether oxygens (including phenoxy) is 2. The third kappa shape index (κ3) is 2.74. The molecular weight excluding hydrogens is 269 g/mol. The van der Waals surface area contributed by atoms with Gasteiger partial charge in [-0.05, 0) is 29.7 Å². The van der Waals surface area contributed by atoms with Gasteiger partial charge in [0.05, 0.1) is 6.61 Å². The van der Waals surface area contributed by atoms with Crippen molar-refractivity contribution in [2.24, 2.45) is 0 Å². The van der Waals surface area contributed by atoms with Gasteiger partial charge in [-0.15, -0.1) is 0 Å². The summed E-state index contributed by atoms with van der Waals surface area (Å²) in [6.07, 6.45) is 0.695. The van der Waals surface area contributed by atoms with E-state index in [1.807, 2.05) is 24.3 Å². The van der Waals surface area contributed by atoms with E-state index in [-0.39, 0.29) is 24.0 Å². The normalized spacial score (nSPS) is 16.9. The molecular formula is C17H14FNO2. The third-order valence-electron chi connectivity index (χ3n) is 3.57. The van der Waals surface area contributed by atoms with Crippen molar-refractivity contribution in [3.8, 4) is 11.8 Å². The van der Waals surface area contributed by atoms with Crippen molar-refractivity contribution in [3.05, 3.63) is 65.0 Å². The molecule has 0 bridgehead atoms. The van der Waals surface area contributed by atoms with Crippen molar-refractivity contribution >= 4 is 0 Å². The van der Waals surface area contributed by atoms with Crippen LogP contribution in [0.15, 0.2) is 42.5 Å². The zero-order valence-corrected chi connectivity index (χ0v) is 11.4. The molecule has 1 unspecified atom stereocenters. The first-order valence-corrected chi connectivity index (χ1v) is 6.80. The van der Waals surface area contributed by atoms with E-state index >= 15 is 0 Å². The van der Waals surface area contributed by atoms with E-state index in [0.717, 1.165) is 12.0 Å². The second-order valence-electron chi connectivity index (χ2n) is 4.84. The summed E-state index contributed by atoms with van der Waals surface area (Å²) in [5.74, 6) is -0.316. The standard InChI is InChI=1S/C17H14FNO2/c18-15-6-3-7-16(14(15)10-19)21-11-17-13-5-2-1-4-12(13)8-9-20-17/h1-7,17H,8-9,11H2. The van der Waals surface area contributed by atoms with Gasteiger partial charge in [-0.1, -0.05) is 30.3 Å². The molecule has 3 rings (SSSR count). The van der Waals surface area contributed by atoms with E-state index in [2.05, 4.69) is 6.07 Å². The Bertz CT molecular complexity index is 693. The summed E-state index contributed by atoms with van der Waals surface area (Å²) in [7, 11) is 0. The van der Waals surface area contributed by atoms with Crippen LogP contribution in [0.5, 0.6) is 5.75 Å². The van der Waals surface area contributed by atoms with Crippen LogP contribution in [0.1, 0.15) is 22.8 Å². The van der Waals surface area contributed by atoms with Crippen molar-refractivity contribution in [2.75, 3.05) is 13.2 Å². The fraction of sp³-hybridized carbons (Fsp3) is 0.235. The minimum Gasteiger partial charge on any atom is -0.489 e. The van der Waals surface area contributed by atoms with Crippen LogP contribution in [0.25, 0.3) is 0 Å². The van der Waals surface area contributed by atoms with Gasteiger partial charge in [0.1, 0.15) is 35.9 Å². The van der Waals surface area contributed by atoms with E-state index < -0.39 is 5.82 Å². The number of benzene rings is 2. The van der Waals surface area contributed by atoms with Crippen molar-refractivity contribution < 1.29 is 13.9 Å². The van der Waals surface area contributed by atoms with Crippen LogP contribution in [0, 0.1) is 17.1 Å². The van der Waals surface area contributed by atoms with Crippen LogP contribution in [-0.4, -0.2) is 13.2 Å². The maximum absolute atomic E-state index is 13.5. The lowest BCUT2D eigenvalue weighted by atomic mass is 9.98. The fourth-order valence-electron chi connectivity index (χ4n) is 2.51. The Kier molecular flexibility index (Phi) is 3.85. The molecule has 1 atom stereocenters. The largest absolute Gasteiger partial charge is 0.489 e. The van der Waals surface area contributed by atoms with Crippen LogP contribution < -0.4 is 4.74 Å². The molecule has 0 N–H and O–H groups in total. The molecule has 0 saturated heterocycles. The van der Waals surface area contributed by atoms with Gasteiger partial charge in [-0.25, -0.2) is 4.39 Å². The maximum atomic E-state index is 13.5. The zero-order valence-electron chi connectivity index (χ0n) is 11.4. The first-order chi connectivity index (χ1) is 10.3. The highest BCUT2D eigenvalue weighted by Gasteiger charge is 2.21. The van der Waals surface area contributed by atoms with Crippen LogP contribution in [0.3, 0.4) is 0 Å². The van der Waals surface area contributed by atoms with Crippen molar-refractivity contribution in [2.45, 2.75) is 12.5 Å². The molecule has 2 aromatic rings. The molecule has 3 nitrogen and oxygen atoms in total. The van der Waals surface area contributed by atoms with Gasteiger partial charge >= 0.3 is 0 Å². The Morgan fingerprint density at radius 1 is 1.24 bits per heavy atom. The smallest absolute Gasteiger partial charge is 0.144 e. The SMILES string of the molecule is N#Cc1c(F)cccc1OCC1OCCc2ccccc21. The average molecular weight is 283 g/mol. The van der Waals surface area contributed by atoms with Crippen molar-refractivity contribution in [1.82, 2.24) is 0 Å². The van der Waals surface area contributed by atoms with E-state index in [1.165, 1.54) is 17.7 Å². The number of rotatable bonds is 3. The highest BCUT2D eigenvalue weighted by molar-refractivity contribution is 5.44. The molecule has 0 radical (unpaired) electrons. The molecule has 0 spiro atoms. The van der Waals surface area contributed by atoms with E-state index in [4.69, 9.17) is 14.7 Å². The summed E-state index contributed by atoms with van der Waals surface area (Å²) in [6, 6.07) is 14.3. The molecule has 0 fully saturated rings. The molecule has 4 heteroatoms. The molecule has 2 aromatic carbocycles. The summed E-state index contributed by atoms with van der Waals surface area (Å²) in [5.41, 5.74) is 2.28. The first-order valence-electron chi connectivity index (χ1n) is 6.80.